The van der Waals surface area contributed by atoms with Crippen LogP contribution in [0.4, 0.5) is 34.3 Å². The molecule has 4 heterocycles. The van der Waals surface area contributed by atoms with Gasteiger partial charge in [0, 0.05) is 47.0 Å². The van der Waals surface area contributed by atoms with Crippen molar-refractivity contribution in [3.05, 3.63) is 167 Å². The minimum atomic E-state index is -0.00843. The molecule has 0 amide bonds. The summed E-state index contributed by atoms with van der Waals surface area (Å²) in [6.45, 7) is 13.5. The fourth-order valence-corrected chi connectivity index (χ4v) is 9.30. The fraction of sp³-hybridized carbons (Fsp3) is 0.130. The second-order valence-electron chi connectivity index (χ2n) is 14.7. The average molecular weight is 670 g/mol. The van der Waals surface area contributed by atoms with Crippen molar-refractivity contribution in [2.75, 3.05) is 9.80 Å². The minimum absolute atomic E-state index is 0.00843. The highest BCUT2D eigenvalue weighted by molar-refractivity contribution is 7.01. The number of hydrogen-bond donors (Lipinski definition) is 0. The van der Waals surface area contributed by atoms with Gasteiger partial charge in [-0.15, -0.1) is 0 Å². The van der Waals surface area contributed by atoms with E-state index in [1.54, 1.807) is 0 Å². The molecule has 4 nitrogen and oxygen atoms in total. The monoisotopic (exact) mass is 670 g/mol. The first kappa shape index (κ1) is 32.1. The van der Waals surface area contributed by atoms with E-state index >= 15 is 0 Å². The van der Waals surface area contributed by atoms with Crippen molar-refractivity contribution in [1.29, 1.82) is 0 Å². The SMILES string of the molecule is Cc1cc(C)c(B2c3cnccc3N(c3ccccc3)c3cc4c(cc32)B(c2c(C)cc(C)cc2C)c2cccnc2N4c2ccccc2)c(C)c1. The molecule has 2 aliphatic heterocycles. The van der Waals surface area contributed by atoms with Crippen molar-refractivity contribution in [2.45, 2.75) is 41.5 Å². The Kier molecular flexibility index (Phi) is 7.66. The van der Waals surface area contributed by atoms with Crippen LogP contribution < -0.4 is 42.6 Å². The number of hydrogen-bond acceptors (Lipinski definition) is 4. The zero-order valence-corrected chi connectivity index (χ0v) is 30.6. The zero-order chi connectivity index (χ0) is 35.7. The number of pyridine rings is 2. The number of fused-ring (bicyclic) bond motifs is 4. The third-order valence-corrected chi connectivity index (χ3v) is 11.1. The smallest absolute Gasteiger partial charge is 0.249 e. The molecule has 0 radical (unpaired) electrons. The zero-order valence-electron chi connectivity index (χ0n) is 30.6. The third-order valence-electron chi connectivity index (χ3n) is 11.1. The maximum Gasteiger partial charge on any atom is 0.249 e. The van der Waals surface area contributed by atoms with E-state index in [4.69, 9.17) is 9.97 Å². The van der Waals surface area contributed by atoms with Gasteiger partial charge in [0.25, 0.3) is 0 Å². The lowest BCUT2D eigenvalue weighted by atomic mass is 9.31. The fourth-order valence-electron chi connectivity index (χ4n) is 9.30. The molecule has 6 heteroatoms. The highest BCUT2D eigenvalue weighted by Crippen LogP contribution is 2.41. The highest BCUT2D eigenvalue weighted by Gasteiger charge is 2.43. The van der Waals surface area contributed by atoms with E-state index in [1.807, 2.05) is 12.4 Å². The van der Waals surface area contributed by atoms with Crippen molar-refractivity contribution in [3.63, 3.8) is 0 Å². The Hall–Kier alpha value is -5.87. The van der Waals surface area contributed by atoms with Crippen LogP contribution in [0.5, 0.6) is 0 Å². The van der Waals surface area contributed by atoms with Gasteiger partial charge in [-0.1, -0.05) is 117 Å². The van der Waals surface area contributed by atoms with Gasteiger partial charge in [-0.3, -0.25) is 9.88 Å². The maximum atomic E-state index is 5.15. The van der Waals surface area contributed by atoms with Crippen molar-refractivity contribution < 1.29 is 0 Å². The van der Waals surface area contributed by atoms with Gasteiger partial charge in [0.2, 0.25) is 13.4 Å². The van der Waals surface area contributed by atoms with Gasteiger partial charge >= 0.3 is 0 Å². The van der Waals surface area contributed by atoms with Crippen LogP contribution in [0.1, 0.15) is 33.4 Å². The van der Waals surface area contributed by atoms with Crippen LogP contribution in [0.2, 0.25) is 0 Å². The molecule has 0 saturated heterocycles. The Labute approximate surface area is 308 Å². The van der Waals surface area contributed by atoms with E-state index in [-0.39, 0.29) is 13.4 Å². The van der Waals surface area contributed by atoms with E-state index in [2.05, 4.69) is 173 Å². The molecule has 0 bridgehead atoms. The van der Waals surface area contributed by atoms with Crippen LogP contribution in [0.15, 0.2) is 134 Å². The van der Waals surface area contributed by atoms with Gasteiger partial charge in [0.1, 0.15) is 5.82 Å². The predicted octanol–water partition coefficient (Wildman–Crippen LogP) is 6.93. The van der Waals surface area contributed by atoms with Gasteiger partial charge < -0.3 is 4.90 Å². The summed E-state index contributed by atoms with van der Waals surface area (Å²) in [4.78, 5) is 14.7. The van der Waals surface area contributed by atoms with Crippen LogP contribution in [0.25, 0.3) is 0 Å². The number of nitrogens with zero attached hydrogens (tertiary/aromatic N) is 4. The Balaban J connectivity index is 1.43. The topological polar surface area (TPSA) is 32.3 Å². The van der Waals surface area contributed by atoms with E-state index in [0.717, 1.165) is 28.6 Å². The van der Waals surface area contributed by atoms with Crippen LogP contribution in [0, 0.1) is 41.5 Å². The molecule has 250 valence electrons. The molecule has 0 spiro atoms. The highest BCUT2D eigenvalue weighted by atomic mass is 15.2. The number of anilines is 6. The average Bonchev–Trinajstić information content (AvgIpc) is 3.13. The number of rotatable bonds is 4. The van der Waals surface area contributed by atoms with E-state index < -0.39 is 0 Å². The molecule has 52 heavy (non-hydrogen) atoms. The summed E-state index contributed by atoms with van der Waals surface area (Å²) in [5, 5.41) is 0. The molecule has 5 aromatic carbocycles. The van der Waals surface area contributed by atoms with Crippen molar-refractivity contribution in [1.82, 2.24) is 9.97 Å². The Bertz CT molecular complexity index is 2300. The summed E-state index contributed by atoms with van der Waals surface area (Å²) >= 11 is 0. The molecule has 0 unspecified atom stereocenters. The van der Waals surface area contributed by atoms with Crippen LogP contribution in [-0.2, 0) is 0 Å². The standard InChI is InChI=1S/C46H40B2N4/c1-29-22-31(3)44(32(4)23-29)47-37-18-13-20-50-46(37)52(36-16-11-8-12-17-36)43-27-42-38(26-39(43)47)48(45-33(5)24-30(2)25-34(45)6)40-28-49-21-19-41(40)51(42)35-14-9-7-10-15-35/h7-28H,1-6H3. The second kappa shape index (κ2) is 12.4. The third kappa shape index (κ3) is 5.00. The molecule has 2 aliphatic rings. The van der Waals surface area contributed by atoms with Crippen molar-refractivity contribution in [3.8, 4) is 0 Å². The summed E-state index contributed by atoms with van der Waals surface area (Å²) < 4.78 is 0. The van der Waals surface area contributed by atoms with Crippen molar-refractivity contribution in [2.24, 2.45) is 0 Å². The first-order valence-corrected chi connectivity index (χ1v) is 18.2. The molecule has 7 aromatic rings. The number of aromatic nitrogens is 2. The molecule has 0 fully saturated rings. The summed E-state index contributed by atoms with van der Waals surface area (Å²) in [5.74, 6) is 0.971. The quantitative estimate of drug-likeness (QED) is 0.190. The molecule has 0 N–H and O–H groups in total. The minimum Gasteiger partial charge on any atom is -0.311 e. The normalized spacial score (nSPS) is 13.0. The van der Waals surface area contributed by atoms with Gasteiger partial charge in [-0.2, -0.15) is 0 Å². The predicted molar refractivity (Wildman–Crippen MR) is 222 cm³/mol. The molecule has 0 atom stereocenters. The van der Waals surface area contributed by atoms with Gasteiger partial charge in [-0.05, 0) is 106 Å². The first-order chi connectivity index (χ1) is 25.3. The number of benzene rings is 5. The largest absolute Gasteiger partial charge is 0.311 e. The molecule has 9 rings (SSSR count). The van der Waals surface area contributed by atoms with Gasteiger partial charge in [-0.25, -0.2) is 4.98 Å². The summed E-state index contributed by atoms with van der Waals surface area (Å²) in [6, 6.07) is 42.4. The Morgan fingerprint density at radius 1 is 0.442 bits per heavy atom. The lowest BCUT2D eigenvalue weighted by Gasteiger charge is -2.42. The molecule has 0 saturated carbocycles. The lowest BCUT2D eigenvalue weighted by molar-refractivity contribution is 1.18. The van der Waals surface area contributed by atoms with Gasteiger partial charge in [0.05, 0.1) is 0 Å². The van der Waals surface area contributed by atoms with E-state index in [1.165, 1.54) is 71.8 Å². The molecular weight excluding hydrogens is 630 g/mol. The summed E-state index contributed by atoms with van der Waals surface area (Å²) in [7, 11) is 0. The Morgan fingerprint density at radius 3 is 1.54 bits per heavy atom. The van der Waals surface area contributed by atoms with Crippen LogP contribution >= 0.6 is 0 Å². The summed E-state index contributed by atoms with van der Waals surface area (Å²) in [6.07, 6.45) is 5.96. The number of aryl methyl sites for hydroxylation is 6. The van der Waals surface area contributed by atoms with E-state index in [0.29, 0.717) is 0 Å². The maximum absolute atomic E-state index is 5.15. The Morgan fingerprint density at radius 2 is 0.962 bits per heavy atom. The second-order valence-corrected chi connectivity index (χ2v) is 14.7. The molecule has 0 aliphatic carbocycles. The van der Waals surface area contributed by atoms with Gasteiger partial charge in [0.15, 0.2) is 0 Å². The lowest BCUT2D eigenvalue weighted by Crippen LogP contribution is -2.63. The van der Waals surface area contributed by atoms with Crippen LogP contribution in [0.3, 0.4) is 0 Å². The van der Waals surface area contributed by atoms with Crippen molar-refractivity contribution >= 4 is 80.5 Å². The van der Waals surface area contributed by atoms with E-state index in [9.17, 15) is 0 Å². The first-order valence-electron chi connectivity index (χ1n) is 18.2. The molecular formula is C46H40B2N4. The molecule has 2 aromatic heterocycles. The summed E-state index contributed by atoms with van der Waals surface area (Å²) in [5.41, 5.74) is 21.2. The van der Waals surface area contributed by atoms with Crippen LogP contribution in [-0.4, -0.2) is 23.4 Å². The number of para-hydroxylation sites is 2.